The second-order valence-electron chi connectivity index (χ2n) is 5.68. The standard InChI is InChI=1S/C17H21NO4S/c1-4-11(5-2)9-18-16(21)14(23-17(18)22)8-12-6-10(3)15(20)13(19)7-12/h6-8,11,19-20H,4-5,9H2,1-3H3/b14-8-. The average Bonchev–Trinajstić information content (AvgIpc) is 2.77. The van der Waals surface area contributed by atoms with Crippen molar-refractivity contribution >= 4 is 29.0 Å². The molecule has 0 radical (unpaired) electrons. The van der Waals surface area contributed by atoms with Gasteiger partial charge in [-0.15, -0.1) is 0 Å². The Morgan fingerprint density at radius 2 is 1.87 bits per heavy atom. The summed E-state index contributed by atoms with van der Waals surface area (Å²) in [4.78, 5) is 26.1. The number of amides is 2. The van der Waals surface area contributed by atoms with Crippen LogP contribution in [0.15, 0.2) is 17.0 Å². The van der Waals surface area contributed by atoms with E-state index in [1.54, 1.807) is 19.1 Å². The van der Waals surface area contributed by atoms with E-state index in [0.717, 1.165) is 24.6 Å². The number of imide groups is 1. The van der Waals surface area contributed by atoms with Gasteiger partial charge in [0.05, 0.1) is 4.91 Å². The molecule has 1 aliphatic heterocycles. The van der Waals surface area contributed by atoms with Crippen LogP contribution in [0.25, 0.3) is 6.08 Å². The molecule has 6 heteroatoms. The molecule has 2 amide bonds. The molecule has 0 aliphatic carbocycles. The van der Waals surface area contributed by atoms with Crippen molar-refractivity contribution in [1.29, 1.82) is 0 Å². The number of carbonyl (C=O) groups is 2. The smallest absolute Gasteiger partial charge is 0.293 e. The zero-order valence-corrected chi connectivity index (χ0v) is 14.3. The summed E-state index contributed by atoms with van der Waals surface area (Å²) in [5.74, 6) is -0.406. The molecule has 1 fully saturated rings. The lowest BCUT2D eigenvalue weighted by atomic mass is 10.0. The van der Waals surface area contributed by atoms with Gasteiger partial charge in [0.15, 0.2) is 11.5 Å². The lowest BCUT2D eigenvalue weighted by Crippen LogP contribution is -2.33. The summed E-state index contributed by atoms with van der Waals surface area (Å²) < 4.78 is 0. The SMILES string of the molecule is CCC(CC)CN1C(=O)S/C(=C\c2cc(C)c(O)c(O)c2)C1=O. The molecule has 0 bridgehead atoms. The van der Waals surface area contributed by atoms with Gasteiger partial charge >= 0.3 is 0 Å². The Morgan fingerprint density at radius 1 is 1.22 bits per heavy atom. The predicted octanol–water partition coefficient (Wildman–Crippen LogP) is 3.88. The molecule has 2 rings (SSSR count). The summed E-state index contributed by atoms with van der Waals surface area (Å²) in [6.07, 6.45) is 3.41. The van der Waals surface area contributed by atoms with E-state index < -0.39 is 0 Å². The van der Waals surface area contributed by atoms with Crippen LogP contribution in [0.2, 0.25) is 0 Å². The van der Waals surface area contributed by atoms with Gasteiger partial charge in [-0.2, -0.15) is 0 Å². The van der Waals surface area contributed by atoms with E-state index in [1.807, 2.05) is 13.8 Å². The number of rotatable bonds is 5. The van der Waals surface area contributed by atoms with Crippen LogP contribution in [0, 0.1) is 12.8 Å². The fourth-order valence-electron chi connectivity index (χ4n) is 2.49. The van der Waals surface area contributed by atoms with E-state index >= 15 is 0 Å². The van der Waals surface area contributed by atoms with Crippen LogP contribution in [0.5, 0.6) is 11.5 Å². The van der Waals surface area contributed by atoms with Crippen molar-refractivity contribution < 1.29 is 19.8 Å². The fraction of sp³-hybridized carbons (Fsp3) is 0.412. The van der Waals surface area contributed by atoms with Gasteiger partial charge in [-0.05, 0) is 53.9 Å². The molecule has 1 aromatic carbocycles. The van der Waals surface area contributed by atoms with Gasteiger partial charge in [0.2, 0.25) is 0 Å². The zero-order valence-electron chi connectivity index (χ0n) is 13.5. The minimum atomic E-state index is -0.294. The topological polar surface area (TPSA) is 77.8 Å². The Bertz CT molecular complexity index is 642. The van der Waals surface area contributed by atoms with E-state index in [9.17, 15) is 19.8 Å². The maximum atomic E-state index is 12.4. The third kappa shape index (κ3) is 3.69. The number of aryl methyl sites for hydroxylation is 1. The number of hydrogen-bond acceptors (Lipinski definition) is 5. The van der Waals surface area contributed by atoms with Crippen LogP contribution < -0.4 is 0 Å². The first kappa shape index (κ1) is 17.4. The molecule has 124 valence electrons. The molecule has 1 saturated heterocycles. The number of phenolic OH excluding ortho intramolecular Hbond substituents is 2. The molecular weight excluding hydrogens is 314 g/mol. The lowest BCUT2D eigenvalue weighted by molar-refractivity contribution is -0.123. The Balaban J connectivity index is 2.25. The Morgan fingerprint density at radius 3 is 2.43 bits per heavy atom. The Hall–Kier alpha value is -1.95. The van der Waals surface area contributed by atoms with Crippen LogP contribution in [0.4, 0.5) is 4.79 Å². The number of phenols is 2. The van der Waals surface area contributed by atoms with Crippen molar-refractivity contribution in [1.82, 2.24) is 4.90 Å². The molecule has 23 heavy (non-hydrogen) atoms. The summed E-state index contributed by atoms with van der Waals surface area (Å²) in [7, 11) is 0. The normalized spacial score (nSPS) is 16.9. The highest BCUT2D eigenvalue weighted by Gasteiger charge is 2.35. The summed E-state index contributed by atoms with van der Waals surface area (Å²) >= 11 is 0.910. The minimum absolute atomic E-state index is 0.177. The Kier molecular flexibility index (Phi) is 5.36. The Labute approximate surface area is 140 Å². The molecule has 1 heterocycles. The largest absolute Gasteiger partial charge is 0.504 e. The number of aromatic hydroxyl groups is 2. The quantitative estimate of drug-likeness (QED) is 0.631. The third-order valence-electron chi connectivity index (χ3n) is 4.07. The second-order valence-corrected chi connectivity index (χ2v) is 6.67. The van der Waals surface area contributed by atoms with Crippen molar-refractivity contribution in [3.8, 4) is 11.5 Å². The number of hydrogen-bond donors (Lipinski definition) is 2. The predicted molar refractivity (Wildman–Crippen MR) is 91.3 cm³/mol. The van der Waals surface area contributed by atoms with Crippen LogP contribution in [-0.2, 0) is 4.79 Å². The maximum absolute atomic E-state index is 12.4. The maximum Gasteiger partial charge on any atom is 0.293 e. The van der Waals surface area contributed by atoms with Gasteiger partial charge in [0.25, 0.3) is 11.1 Å². The zero-order chi connectivity index (χ0) is 17.1. The molecule has 0 aromatic heterocycles. The highest BCUT2D eigenvalue weighted by molar-refractivity contribution is 8.18. The highest BCUT2D eigenvalue weighted by atomic mass is 32.2. The van der Waals surface area contributed by atoms with Crippen LogP contribution >= 0.6 is 11.8 Å². The highest BCUT2D eigenvalue weighted by Crippen LogP contribution is 2.35. The molecule has 0 atom stereocenters. The summed E-state index contributed by atoms with van der Waals surface area (Å²) in [5, 5.41) is 19.0. The molecule has 1 aliphatic rings. The number of thioether (sulfide) groups is 1. The minimum Gasteiger partial charge on any atom is -0.504 e. The van der Waals surface area contributed by atoms with E-state index in [2.05, 4.69) is 0 Å². The number of benzene rings is 1. The van der Waals surface area contributed by atoms with Gasteiger partial charge < -0.3 is 10.2 Å². The molecule has 1 aromatic rings. The lowest BCUT2D eigenvalue weighted by Gasteiger charge is -2.18. The van der Waals surface area contributed by atoms with E-state index in [0.29, 0.717) is 28.5 Å². The number of carbonyl (C=O) groups excluding carboxylic acids is 2. The van der Waals surface area contributed by atoms with Crippen molar-refractivity contribution in [3.05, 3.63) is 28.2 Å². The van der Waals surface area contributed by atoms with E-state index in [-0.39, 0.29) is 22.6 Å². The third-order valence-corrected chi connectivity index (χ3v) is 4.98. The molecule has 0 unspecified atom stereocenters. The second kappa shape index (κ2) is 7.08. The van der Waals surface area contributed by atoms with Crippen molar-refractivity contribution in [2.24, 2.45) is 5.92 Å². The van der Waals surface area contributed by atoms with Gasteiger partial charge in [-0.1, -0.05) is 26.7 Å². The van der Waals surface area contributed by atoms with E-state index in [1.165, 1.54) is 11.0 Å². The fourth-order valence-corrected chi connectivity index (χ4v) is 3.33. The molecule has 0 spiro atoms. The van der Waals surface area contributed by atoms with E-state index in [4.69, 9.17) is 0 Å². The first-order valence-electron chi connectivity index (χ1n) is 7.65. The summed E-state index contributed by atoms with van der Waals surface area (Å²) in [5.41, 5.74) is 1.08. The average molecular weight is 335 g/mol. The molecule has 2 N–H and O–H groups in total. The van der Waals surface area contributed by atoms with Crippen LogP contribution in [0.1, 0.15) is 37.8 Å². The van der Waals surface area contributed by atoms with Crippen molar-refractivity contribution in [2.75, 3.05) is 6.54 Å². The first-order valence-corrected chi connectivity index (χ1v) is 8.46. The molecular formula is C17H21NO4S. The summed E-state index contributed by atoms with van der Waals surface area (Å²) in [6, 6.07) is 3.03. The van der Waals surface area contributed by atoms with Crippen LogP contribution in [0.3, 0.4) is 0 Å². The van der Waals surface area contributed by atoms with Crippen molar-refractivity contribution in [2.45, 2.75) is 33.6 Å². The summed E-state index contributed by atoms with van der Waals surface area (Å²) in [6.45, 7) is 6.19. The first-order chi connectivity index (χ1) is 10.9. The van der Waals surface area contributed by atoms with Gasteiger partial charge in [0.1, 0.15) is 0 Å². The van der Waals surface area contributed by atoms with Gasteiger partial charge in [-0.25, -0.2) is 0 Å². The molecule has 0 saturated carbocycles. The van der Waals surface area contributed by atoms with Crippen molar-refractivity contribution in [3.63, 3.8) is 0 Å². The van der Waals surface area contributed by atoms with Crippen LogP contribution in [-0.4, -0.2) is 32.8 Å². The monoisotopic (exact) mass is 335 g/mol. The van der Waals surface area contributed by atoms with Gasteiger partial charge in [0, 0.05) is 6.54 Å². The van der Waals surface area contributed by atoms with Gasteiger partial charge in [-0.3, -0.25) is 14.5 Å². The molecule has 5 nitrogen and oxygen atoms in total. The number of nitrogens with zero attached hydrogens (tertiary/aromatic N) is 1.